The number of hydrogen-bond acceptors (Lipinski definition) is 3. The summed E-state index contributed by atoms with van der Waals surface area (Å²) < 4.78 is 1.62. The highest BCUT2D eigenvalue weighted by Gasteiger charge is 2.14. The van der Waals surface area contributed by atoms with E-state index in [1.807, 2.05) is 6.07 Å². The van der Waals surface area contributed by atoms with Crippen LogP contribution in [0.3, 0.4) is 0 Å². The van der Waals surface area contributed by atoms with Crippen molar-refractivity contribution in [2.75, 3.05) is 5.73 Å². The average Bonchev–Trinajstić information content (AvgIpc) is 2.48. The van der Waals surface area contributed by atoms with Crippen molar-refractivity contribution in [2.24, 2.45) is 7.05 Å². The lowest BCUT2D eigenvalue weighted by molar-refractivity contribution is 0.700. The van der Waals surface area contributed by atoms with Crippen LogP contribution in [0, 0.1) is 0 Å². The molecule has 0 bridgehead atoms. The maximum absolute atomic E-state index is 6.08. The standard InChI is InChI=1S/C10H8Cl3N3S/c1-16-10(8(14)9(13)15-16)17-7-3-2-5(11)4-6(7)12/h2-4H,14H2,1H3. The lowest BCUT2D eigenvalue weighted by Gasteiger charge is -2.05. The first-order chi connectivity index (χ1) is 7.99. The molecule has 3 nitrogen and oxygen atoms in total. The molecule has 0 spiro atoms. The summed E-state index contributed by atoms with van der Waals surface area (Å²) in [6.45, 7) is 0. The van der Waals surface area contributed by atoms with Crippen LogP contribution in [0.15, 0.2) is 28.1 Å². The molecule has 0 radical (unpaired) electrons. The van der Waals surface area contributed by atoms with Gasteiger partial charge in [0.25, 0.3) is 0 Å². The number of benzene rings is 1. The van der Waals surface area contributed by atoms with E-state index >= 15 is 0 Å². The summed E-state index contributed by atoms with van der Waals surface area (Å²) in [5.74, 6) is 0. The summed E-state index contributed by atoms with van der Waals surface area (Å²) in [6, 6.07) is 5.28. The highest BCUT2D eigenvalue weighted by molar-refractivity contribution is 7.99. The lowest BCUT2D eigenvalue weighted by Crippen LogP contribution is -1.93. The average molecular weight is 309 g/mol. The number of aryl methyl sites for hydroxylation is 1. The van der Waals surface area contributed by atoms with Crippen LogP contribution in [-0.2, 0) is 7.05 Å². The molecule has 2 rings (SSSR count). The van der Waals surface area contributed by atoms with E-state index in [2.05, 4.69) is 5.10 Å². The maximum atomic E-state index is 6.08. The SMILES string of the molecule is Cn1nc(Cl)c(N)c1Sc1ccc(Cl)cc1Cl. The zero-order chi connectivity index (χ0) is 12.6. The van der Waals surface area contributed by atoms with Gasteiger partial charge in [-0.1, -0.05) is 46.6 Å². The van der Waals surface area contributed by atoms with Gasteiger partial charge in [-0.3, -0.25) is 4.68 Å². The second kappa shape index (κ2) is 4.98. The molecule has 17 heavy (non-hydrogen) atoms. The third kappa shape index (κ3) is 2.65. The Balaban J connectivity index is 2.38. The Morgan fingerprint density at radius 1 is 1.29 bits per heavy atom. The number of nitrogens with zero attached hydrogens (tertiary/aromatic N) is 2. The zero-order valence-electron chi connectivity index (χ0n) is 8.75. The fraction of sp³-hybridized carbons (Fsp3) is 0.100. The topological polar surface area (TPSA) is 43.8 Å². The van der Waals surface area contributed by atoms with Gasteiger partial charge in [0.2, 0.25) is 0 Å². The van der Waals surface area contributed by atoms with E-state index in [9.17, 15) is 0 Å². The van der Waals surface area contributed by atoms with E-state index in [1.54, 1.807) is 23.9 Å². The molecule has 1 aromatic carbocycles. The molecular weight excluding hydrogens is 301 g/mol. The highest BCUT2D eigenvalue weighted by Crippen LogP contribution is 2.39. The van der Waals surface area contributed by atoms with Crippen molar-refractivity contribution in [1.82, 2.24) is 9.78 Å². The van der Waals surface area contributed by atoms with Crippen LogP contribution in [0.4, 0.5) is 5.69 Å². The number of aromatic nitrogens is 2. The predicted molar refractivity (Wildman–Crippen MR) is 73.2 cm³/mol. The number of hydrogen-bond donors (Lipinski definition) is 1. The first-order valence-electron chi connectivity index (χ1n) is 4.60. The Bertz CT molecular complexity index is 568. The molecule has 0 saturated carbocycles. The van der Waals surface area contributed by atoms with E-state index in [0.29, 0.717) is 20.9 Å². The molecule has 1 aromatic heterocycles. The number of nitrogens with two attached hydrogens (primary N) is 1. The minimum atomic E-state index is 0.292. The first kappa shape index (κ1) is 12.9. The van der Waals surface area contributed by atoms with Gasteiger partial charge in [0, 0.05) is 17.0 Å². The van der Waals surface area contributed by atoms with Gasteiger partial charge < -0.3 is 5.73 Å². The first-order valence-corrected chi connectivity index (χ1v) is 6.55. The normalized spacial score (nSPS) is 10.8. The lowest BCUT2D eigenvalue weighted by atomic mass is 10.4. The van der Waals surface area contributed by atoms with Gasteiger partial charge >= 0.3 is 0 Å². The monoisotopic (exact) mass is 307 g/mol. The summed E-state index contributed by atoms with van der Waals surface area (Å²) in [6.07, 6.45) is 0. The van der Waals surface area contributed by atoms with Crippen LogP contribution in [0.2, 0.25) is 15.2 Å². The summed E-state index contributed by atoms with van der Waals surface area (Å²) in [7, 11) is 1.77. The second-order valence-corrected chi connectivity index (χ2v) is 5.54. The van der Waals surface area contributed by atoms with Crippen molar-refractivity contribution < 1.29 is 0 Å². The number of rotatable bonds is 2. The molecule has 0 aliphatic carbocycles. The van der Waals surface area contributed by atoms with E-state index in [-0.39, 0.29) is 0 Å². The zero-order valence-corrected chi connectivity index (χ0v) is 11.8. The summed E-state index contributed by atoms with van der Waals surface area (Å²) in [5, 5.41) is 6.22. The Morgan fingerprint density at radius 2 is 2.00 bits per heavy atom. The van der Waals surface area contributed by atoms with Crippen LogP contribution < -0.4 is 5.73 Å². The molecule has 1 heterocycles. The number of nitrogen functional groups attached to an aromatic ring is 1. The van der Waals surface area contributed by atoms with Gasteiger partial charge in [-0.25, -0.2) is 0 Å². The van der Waals surface area contributed by atoms with Crippen molar-refractivity contribution in [3.63, 3.8) is 0 Å². The molecule has 0 fully saturated rings. The van der Waals surface area contributed by atoms with E-state index in [4.69, 9.17) is 40.5 Å². The van der Waals surface area contributed by atoms with Gasteiger partial charge in [0.05, 0.1) is 5.02 Å². The molecular formula is C10H8Cl3N3S. The smallest absolute Gasteiger partial charge is 0.175 e. The van der Waals surface area contributed by atoms with Gasteiger partial charge in [-0.2, -0.15) is 5.10 Å². The van der Waals surface area contributed by atoms with Crippen LogP contribution in [0.5, 0.6) is 0 Å². The summed E-state index contributed by atoms with van der Waals surface area (Å²) in [4.78, 5) is 0.849. The Hall–Kier alpha value is -0.550. The Kier molecular flexibility index (Phi) is 3.78. The molecule has 0 unspecified atom stereocenters. The molecule has 0 aliphatic rings. The van der Waals surface area contributed by atoms with Crippen LogP contribution >= 0.6 is 46.6 Å². The minimum Gasteiger partial charge on any atom is -0.394 e. The van der Waals surface area contributed by atoms with Gasteiger partial charge in [0.1, 0.15) is 10.7 Å². The molecule has 7 heteroatoms. The van der Waals surface area contributed by atoms with Crippen LogP contribution in [0.1, 0.15) is 0 Å². The van der Waals surface area contributed by atoms with Gasteiger partial charge in [-0.05, 0) is 18.2 Å². The quantitative estimate of drug-likeness (QED) is 0.908. The van der Waals surface area contributed by atoms with E-state index < -0.39 is 0 Å². The molecule has 0 atom stereocenters. The Morgan fingerprint density at radius 3 is 2.53 bits per heavy atom. The number of anilines is 1. The molecule has 2 aromatic rings. The minimum absolute atomic E-state index is 0.292. The Labute approximate surface area is 118 Å². The van der Waals surface area contributed by atoms with Crippen molar-refractivity contribution in [1.29, 1.82) is 0 Å². The fourth-order valence-corrected chi connectivity index (χ4v) is 2.94. The van der Waals surface area contributed by atoms with E-state index in [1.165, 1.54) is 11.8 Å². The largest absolute Gasteiger partial charge is 0.394 e. The van der Waals surface area contributed by atoms with Gasteiger partial charge in [-0.15, -0.1) is 0 Å². The molecule has 2 N–H and O–H groups in total. The van der Waals surface area contributed by atoms with Crippen molar-refractivity contribution in [3.05, 3.63) is 33.4 Å². The predicted octanol–water partition coefficient (Wildman–Crippen LogP) is 4.11. The third-order valence-electron chi connectivity index (χ3n) is 2.08. The second-order valence-electron chi connectivity index (χ2n) is 3.31. The summed E-state index contributed by atoms with van der Waals surface area (Å²) >= 11 is 19.2. The van der Waals surface area contributed by atoms with Crippen LogP contribution in [-0.4, -0.2) is 9.78 Å². The van der Waals surface area contributed by atoms with Gasteiger partial charge in [0.15, 0.2) is 5.15 Å². The number of halogens is 3. The highest BCUT2D eigenvalue weighted by atomic mass is 35.5. The van der Waals surface area contributed by atoms with Crippen LogP contribution in [0.25, 0.3) is 0 Å². The maximum Gasteiger partial charge on any atom is 0.175 e. The fourth-order valence-electron chi connectivity index (χ4n) is 1.28. The van der Waals surface area contributed by atoms with Crippen molar-refractivity contribution in [2.45, 2.75) is 9.92 Å². The molecule has 0 saturated heterocycles. The molecule has 0 amide bonds. The third-order valence-corrected chi connectivity index (χ3v) is 4.28. The molecule has 0 aliphatic heterocycles. The summed E-state index contributed by atoms with van der Waals surface area (Å²) in [5.41, 5.74) is 6.28. The van der Waals surface area contributed by atoms with Crippen molar-refractivity contribution >= 4 is 52.3 Å². The van der Waals surface area contributed by atoms with E-state index in [0.717, 1.165) is 9.92 Å². The molecule has 90 valence electrons. The van der Waals surface area contributed by atoms with Crippen molar-refractivity contribution in [3.8, 4) is 0 Å².